The number of nitrogens with zero attached hydrogens (tertiary/aromatic N) is 1. The van der Waals surface area contributed by atoms with Crippen molar-refractivity contribution in [3.05, 3.63) is 0 Å². The molecule has 0 saturated carbocycles. The van der Waals surface area contributed by atoms with Crippen LogP contribution in [0.3, 0.4) is 0 Å². The molecule has 6 heteroatoms. The van der Waals surface area contributed by atoms with Crippen LogP contribution in [-0.4, -0.2) is 54.5 Å². The van der Waals surface area contributed by atoms with Crippen molar-refractivity contribution in [3.8, 4) is 0 Å². The van der Waals surface area contributed by atoms with Gasteiger partial charge in [-0.25, -0.2) is 0 Å². The maximum Gasteiger partial charge on any atom is 0.415 e. The van der Waals surface area contributed by atoms with Gasteiger partial charge in [0.1, 0.15) is 0 Å². The summed E-state index contributed by atoms with van der Waals surface area (Å²) >= 11 is 0. The van der Waals surface area contributed by atoms with E-state index in [0.717, 1.165) is 25.9 Å². The molecule has 0 aliphatic carbocycles. The molecular weight excluding hydrogens is 221 g/mol. The van der Waals surface area contributed by atoms with Crippen LogP contribution in [-0.2, 0) is 0 Å². The third-order valence-electron chi connectivity index (χ3n) is 2.92. The molecule has 1 heterocycles. The van der Waals surface area contributed by atoms with Crippen molar-refractivity contribution in [1.29, 1.82) is 0 Å². The largest absolute Gasteiger partial charge is 0.415 e. The van der Waals surface area contributed by atoms with Crippen LogP contribution in [0, 0.1) is 0 Å². The van der Waals surface area contributed by atoms with E-state index in [4.69, 9.17) is 5.11 Å². The molecule has 2 N–H and O–H groups in total. The third kappa shape index (κ3) is 4.27. The molecule has 16 heavy (non-hydrogen) atoms. The molecule has 2 unspecified atom stereocenters. The lowest BCUT2D eigenvalue weighted by Crippen LogP contribution is -2.44. The van der Waals surface area contributed by atoms with Gasteiger partial charge < -0.3 is 10.4 Å². The van der Waals surface area contributed by atoms with Crippen LogP contribution in [0.4, 0.5) is 13.2 Å². The molecule has 96 valence electrons. The van der Waals surface area contributed by atoms with Crippen molar-refractivity contribution in [2.24, 2.45) is 0 Å². The molecule has 1 saturated heterocycles. The second-order valence-corrected chi connectivity index (χ2v) is 4.31. The number of hydrogen-bond donors (Lipinski definition) is 2. The molecule has 0 aromatic carbocycles. The zero-order chi connectivity index (χ0) is 12.2. The van der Waals surface area contributed by atoms with E-state index in [9.17, 15) is 13.2 Å². The fraction of sp³-hybridized carbons (Fsp3) is 1.00. The van der Waals surface area contributed by atoms with E-state index in [-0.39, 0.29) is 6.04 Å². The highest BCUT2D eigenvalue weighted by Gasteiger charge is 2.37. The molecule has 1 aliphatic heterocycles. The number of aliphatic hydroxyl groups is 1. The van der Waals surface area contributed by atoms with Crippen LogP contribution < -0.4 is 5.32 Å². The van der Waals surface area contributed by atoms with Crippen LogP contribution in [0.2, 0.25) is 0 Å². The van der Waals surface area contributed by atoms with E-state index in [0.29, 0.717) is 6.54 Å². The lowest BCUT2D eigenvalue weighted by Gasteiger charge is -2.24. The van der Waals surface area contributed by atoms with Gasteiger partial charge in [0.25, 0.3) is 0 Å². The van der Waals surface area contributed by atoms with Crippen LogP contribution >= 0.6 is 0 Å². The molecule has 0 aromatic heterocycles. The Balaban J connectivity index is 2.14. The minimum Gasteiger partial charge on any atom is -0.382 e. The van der Waals surface area contributed by atoms with Gasteiger partial charge in [0, 0.05) is 19.1 Å². The lowest BCUT2D eigenvalue weighted by molar-refractivity contribution is -0.201. The number of aliphatic hydroxyl groups excluding tert-OH is 1. The van der Waals surface area contributed by atoms with Gasteiger partial charge >= 0.3 is 6.18 Å². The summed E-state index contributed by atoms with van der Waals surface area (Å²) in [4.78, 5) is 2.24. The van der Waals surface area contributed by atoms with E-state index in [2.05, 4.69) is 10.2 Å². The second-order valence-electron chi connectivity index (χ2n) is 4.31. The summed E-state index contributed by atoms with van der Waals surface area (Å²) in [6, 6.07) is 0.225. The first-order valence-electron chi connectivity index (χ1n) is 5.61. The number of hydrogen-bond acceptors (Lipinski definition) is 3. The minimum absolute atomic E-state index is 0.225. The normalized spacial score (nSPS) is 22.3. The first-order chi connectivity index (χ1) is 7.41. The SMILES string of the molecule is CC(CNCC(O)C(F)(F)F)N1CCCC1. The number of halogens is 3. The van der Waals surface area contributed by atoms with Gasteiger partial charge in [-0.1, -0.05) is 0 Å². The average Bonchev–Trinajstić information content (AvgIpc) is 2.68. The maximum absolute atomic E-state index is 12.0. The molecule has 0 radical (unpaired) electrons. The summed E-state index contributed by atoms with van der Waals surface area (Å²) < 4.78 is 35.9. The Bertz CT molecular complexity index is 205. The Morgan fingerprint density at radius 3 is 2.31 bits per heavy atom. The highest BCUT2D eigenvalue weighted by atomic mass is 19.4. The summed E-state index contributed by atoms with van der Waals surface area (Å²) in [6.07, 6.45) is -4.46. The number of rotatable bonds is 5. The summed E-state index contributed by atoms with van der Waals surface area (Å²) in [5, 5.41) is 11.4. The fourth-order valence-electron chi connectivity index (χ4n) is 1.86. The van der Waals surface area contributed by atoms with Gasteiger partial charge in [0.15, 0.2) is 6.10 Å². The van der Waals surface area contributed by atoms with Crippen molar-refractivity contribution in [2.45, 2.75) is 38.1 Å². The molecule has 1 rings (SSSR count). The Kier molecular flexibility index (Phi) is 5.01. The highest BCUT2D eigenvalue weighted by Crippen LogP contribution is 2.19. The van der Waals surface area contributed by atoms with Gasteiger partial charge in [-0.2, -0.15) is 13.2 Å². The molecule has 3 nitrogen and oxygen atoms in total. The lowest BCUT2D eigenvalue weighted by atomic mass is 10.2. The maximum atomic E-state index is 12.0. The highest BCUT2D eigenvalue weighted by molar-refractivity contribution is 4.76. The van der Waals surface area contributed by atoms with Crippen molar-refractivity contribution in [3.63, 3.8) is 0 Å². The number of alkyl halides is 3. The smallest absolute Gasteiger partial charge is 0.382 e. The third-order valence-corrected chi connectivity index (χ3v) is 2.92. The van der Waals surface area contributed by atoms with Crippen LogP contribution in [0.1, 0.15) is 19.8 Å². The monoisotopic (exact) mass is 240 g/mol. The standard InChI is InChI=1S/C10H19F3N2O/c1-8(15-4-2-3-5-15)6-14-7-9(16)10(11,12)13/h8-9,14,16H,2-7H2,1H3. The van der Waals surface area contributed by atoms with Crippen molar-refractivity contribution >= 4 is 0 Å². The molecule has 0 amide bonds. The minimum atomic E-state index is -4.52. The van der Waals surface area contributed by atoms with E-state index in [1.807, 2.05) is 6.92 Å². The van der Waals surface area contributed by atoms with Gasteiger partial charge in [-0.15, -0.1) is 0 Å². The summed E-state index contributed by atoms with van der Waals surface area (Å²) in [5.41, 5.74) is 0. The topological polar surface area (TPSA) is 35.5 Å². The van der Waals surface area contributed by atoms with Gasteiger partial charge in [0.05, 0.1) is 0 Å². The predicted octanol–water partition coefficient (Wildman–Crippen LogP) is 0.983. The van der Waals surface area contributed by atoms with Crippen molar-refractivity contribution < 1.29 is 18.3 Å². The molecule has 2 atom stereocenters. The predicted molar refractivity (Wildman–Crippen MR) is 55.2 cm³/mol. The van der Waals surface area contributed by atoms with Gasteiger partial charge in [0.2, 0.25) is 0 Å². The van der Waals surface area contributed by atoms with E-state index in [1.165, 1.54) is 0 Å². The Hall–Kier alpha value is -0.330. The molecule has 1 aliphatic rings. The molecule has 0 bridgehead atoms. The van der Waals surface area contributed by atoms with Gasteiger partial charge in [-0.3, -0.25) is 4.90 Å². The number of likely N-dealkylation sites (tertiary alicyclic amines) is 1. The fourth-order valence-corrected chi connectivity index (χ4v) is 1.86. The molecule has 0 spiro atoms. The molecule has 1 fully saturated rings. The van der Waals surface area contributed by atoms with Crippen molar-refractivity contribution in [1.82, 2.24) is 10.2 Å². The zero-order valence-corrected chi connectivity index (χ0v) is 9.43. The Morgan fingerprint density at radius 1 is 1.25 bits per heavy atom. The van der Waals surface area contributed by atoms with E-state index < -0.39 is 18.8 Å². The van der Waals surface area contributed by atoms with Crippen molar-refractivity contribution in [2.75, 3.05) is 26.2 Å². The van der Waals surface area contributed by atoms with E-state index in [1.54, 1.807) is 0 Å². The molecule has 0 aromatic rings. The van der Waals surface area contributed by atoms with Crippen LogP contribution in [0.5, 0.6) is 0 Å². The summed E-state index contributed by atoms with van der Waals surface area (Å²) in [6.45, 7) is 4.07. The van der Waals surface area contributed by atoms with Crippen LogP contribution in [0.15, 0.2) is 0 Å². The van der Waals surface area contributed by atoms with E-state index >= 15 is 0 Å². The second kappa shape index (κ2) is 5.84. The number of nitrogens with one attached hydrogen (secondary N) is 1. The van der Waals surface area contributed by atoms with Gasteiger partial charge in [-0.05, 0) is 32.9 Å². The Labute approximate surface area is 93.6 Å². The molecular formula is C10H19F3N2O. The quantitative estimate of drug-likeness (QED) is 0.752. The van der Waals surface area contributed by atoms with Crippen LogP contribution in [0.25, 0.3) is 0 Å². The summed E-state index contributed by atoms with van der Waals surface area (Å²) in [5.74, 6) is 0. The average molecular weight is 240 g/mol. The summed E-state index contributed by atoms with van der Waals surface area (Å²) in [7, 11) is 0. The zero-order valence-electron chi connectivity index (χ0n) is 9.43. The first kappa shape index (κ1) is 13.7. The first-order valence-corrected chi connectivity index (χ1v) is 5.61. The Morgan fingerprint density at radius 2 is 1.81 bits per heavy atom.